The van der Waals surface area contributed by atoms with Crippen LogP contribution in [0.1, 0.15) is 15.4 Å². The van der Waals surface area contributed by atoms with E-state index in [0.717, 1.165) is 16.9 Å². The van der Waals surface area contributed by atoms with Gasteiger partial charge >= 0.3 is 5.97 Å². The highest BCUT2D eigenvalue weighted by atomic mass is 32.1. The monoisotopic (exact) mass is 264 g/mol. The van der Waals surface area contributed by atoms with Gasteiger partial charge in [-0.1, -0.05) is 0 Å². The van der Waals surface area contributed by atoms with Gasteiger partial charge in [0.1, 0.15) is 9.88 Å². The summed E-state index contributed by atoms with van der Waals surface area (Å²) in [5.74, 6) is -0.985. The summed E-state index contributed by atoms with van der Waals surface area (Å²) in [4.78, 5) is 15.6. The second kappa shape index (κ2) is 5.16. The second-order valence-corrected chi connectivity index (χ2v) is 4.65. The van der Waals surface area contributed by atoms with Crippen molar-refractivity contribution in [2.45, 2.75) is 6.61 Å². The van der Waals surface area contributed by atoms with Gasteiger partial charge in [0.25, 0.3) is 0 Å². The van der Waals surface area contributed by atoms with Gasteiger partial charge in [0, 0.05) is 18.4 Å². The third-order valence-electron chi connectivity index (χ3n) is 2.33. The van der Waals surface area contributed by atoms with Crippen molar-refractivity contribution in [3.63, 3.8) is 0 Å². The first-order chi connectivity index (χ1) is 8.61. The lowest BCUT2D eigenvalue weighted by Crippen LogP contribution is -1.99. The van der Waals surface area contributed by atoms with E-state index in [4.69, 9.17) is 15.6 Å². The Labute approximate surface area is 108 Å². The van der Waals surface area contributed by atoms with Crippen molar-refractivity contribution in [1.29, 1.82) is 0 Å². The zero-order chi connectivity index (χ0) is 13.1. The van der Waals surface area contributed by atoms with Gasteiger partial charge < -0.3 is 15.6 Å². The minimum Gasteiger partial charge on any atom is -0.477 e. The largest absolute Gasteiger partial charge is 0.477 e. The Balaban J connectivity index is 2.42. The van der Waals surface area contributed by atoms with E-state index in [0.29, 0.717) is 16.4 Å². The minimum absolute atomic E-state index is 0.188. The van der Waals surface area contributed by atoms with E-state index in [2.05, 4.69) is 4.98 Å². The molecule has 0 spiro atoms. The quantitative estimate of drug-likeness (QED) is 0.827. The molecule has 0 unspecified atom stereocenters. The molecule has 18 heavy (non-hydrogen) atoms. The number of rotatable bonds is 4. The normalized spacial score (nSPS) is 10.5. The molecular formula is C12H12N2O3S. The smallest absolute Gasteiger partial charge is 0.347 e. The van der Waals surface area contributed by atoms with Gasteiger partial charge in [-0.3, -0.25) is 0 Å². The Bertz CT molecular complexity index is 563. The Morgan fingerprint density at radius 1 is 1.44 bits per heavy atom. The molecule has 0 aliphatic carbocycles. The summed E-state index contributed by atoms with van der Waals surface area (Å²) in [6, 6.07) is 7.15. The van der Waals surface area contributed by atoms with Crippen LogP contribution < -0.4 is 5.73 Å². The van der Waals surface area contributed by atoms with Crippen molar-refractivity contribution in [1.82, 2.24) is 4.98 Å². The maximum Gasteiger partial charge on any atom is 0.347 e. The van der Waals surface area contributed by atoms with E-state index in [1.54, 1.807) is 12.1 Å². The number of thiazole rings is 1. The summed E-state index contributed by atoms with van der Waals surface area (Å²) in [6.45, 7) is 0.188. The van der Waals surface area contributed by atoms with Crippen LogP contribution in [0.5, 0.6) is 0 Å². The van der Waals surface area contributed by atoms with Gasteiger partial charge in [-0.25, -0.2) is 9.78 Å². The molecule has 2 aromatic rings. The lowest BCUT2D eigenvalue weighted by molar-refractivity contribution is 0.0697. The maximum atomic E-state index is 11.1. The molecule has 0 radical (unpaired) electrons. The second-order valence-electron chi connectivity index (χ2n) is 3.66. The van der Waals surface area contributed by atoms with Crippen LogP contribution in [0.3, 0.4) is 0 Å². The summed E-state index contributed by atoms with van der Waals surface area (Å²) in [6.07, 6.45) is 0. The highest BCUT2D eigenvalue weighted by Crippen LogP contribution is 2.29. The molecule has 2 rings (SSSR count). The van der Waals surface area contributed by atoms with Crippen LogP contribution in [0.2, 0.25) is 0 Å². The molecule has 0 bridgehead atoms. The van der Waals surface area contributed by atoms with Crippen LogP contribution in [0.4, 0.5) is 5.69 Å². The summed E-state index contributed by atoms with van der Waals surface area (Å²) in [5, 5.41) is 9.74. The number of nitrogen functional groups attached to an aromatic ring is 1. The summed E-state index contributed by atoms with van der Waals surface area (Å²) < 4.78 is 4.95. The van der Waals surface area contributed by atoms with Crippen molar-refractivity contribution in [2.24, 2.45) is 0 Å². The Kier molecular flexibility index (Phi) is 3.59. The van der Waals surface area contributed by atoms with Gasteiger partial charge in [0.2, 0.25) is 0 Å². The van der Waals surface area contributed by atoms with Crippen molar-refractivity contribution in [3.05, 3.63) is 34.8 Å². The fourth-order valence-corrected chi connectivity index (χ4v) is 2.42. The summed E-state index contributed by atoms with van der Waals surface area (Å²) in [5.41, 5.74) is 7.56. The van der Waals surface area contributed by atoms with E-state index in [9.17, 15) is 4.79 Å². The number of hydrogen-bond donors (Lipinski definition) is 2. The fraction of sp³-hybridized carbons (Fsp3) is 0.167. The molecule has 1 aromatic heterocycles. The molecule has 1 heterocycles. The van der Waals surface area contributed by atoms with Crippen molar-refractivity contribution in [2.75, 3.05) is 12.8 Å². The first-order valence-electron chi connectivity index (χ1n) is 5.19. The van der Waals surface area contributed by atoms with Gasteiger partial charge in [-0.15, -0.1) is 11.3 Å². The minimum atomic E-state index is -0.985. The molecule has 1 aromatic carbocycles. The first kappa shape index (κ1) is 12.5. The van der Waals surface area contributed by atoms with E-state index in [1.165, 1.54) is 7.11 Å². The molecule has 0 amide bonds. The van der Waals surface area contributed by atoms with E-state index in [-0.39, 0.29) is 11.5 Å². The molecule has 3 N–H and O–H groups in total. The molecule has 5 nitrogen and oxygen atoms in total. The molecular weight excluding hydrogens is 252 g/mol. The number of methoxy groups -OCH3 is 1. The van der Waals surface area contributed by atoms with Gasteiger partial charge in [0.05, 0.1) is 12.3 Å². The first-order valence-corrected chi connectivity index (χ1v) is 6.01. The number of hydrogen-bond acceptors (Lipinski definition) is 5. The van der Waals surface area contributed by atoms with Crippen LogP contribution in [0.15, 0.2) is 24.3 Å². The average Bonchev–Trinajstić information content (AvgIpc) is 2.75. The number of nitrogens with zero attached hydrogens (tertiary/aromatic N) is 1. The third kappa shape index (κ3) is 2.49. The fourth-order valence-electron chi connectivity index (χ4n) is 1.50. The predicted molar refractivity (Wildman–Crippen MR) is 69.6 cm³/mol. The number of benzene rings is 1. The number of carboxylic acid groups (broad SMARTS) is 1. The van der Waals surface area contributed by atoms with E-state index >= 15 is 0 Å². The lowest BCUT2D eigenvalue weighted by Gasteiger charge is -1.96. The predicted octanol–water partition coefficient (Wildman–Crippen LogP) is 2.24. The Hall–Kier alpha value is -1.92. The van der Waals surface area contributed by atoms with Gasteiger partial charge in [0.15, 0.2) is 0 Å². The van der Waals surface area contributed by atoms with Gasteiger partial charge in [-0.2, -0.15) is 0 Å². The van der Waals surface area contributed by atoms with E-state index in [1.807, 2.05) is 12.1 Å². The standard InChI is InChI=1S/C12H12N2O3S/c1-17-6-9-10(12(15)16)18-11(14-9)7-2-4-8(13)5-3-7/h2-5H,6,13H2,1H3,(H,15,16). The number of anilines is 1. The van der Waals surface area contributed by atoms with Gasteiger partial charge in [-0.05, 0) is 24.3 Å². The molecule has 0 saturated heterocycles. The number of carboxylic acids is 1. The Morgan fingerprint density at radius 3 is 2.67 bits per heavy atom. The van der Waals surface area contributed by atoms with Crippen molar-refractivity contribution < 1.29 is 14.6 Å². The molecule has 0 fully saturated rings. The summed E-state index contributed by atoms with van der Waals surface area (Å²) >= 11 is 1.14. The number of nitrogens with two attached hydrogens (primary N) is 1. The average molecular weight is 264 g/mol. The van der Waals surface area contributed by atoms with Crippen LogP contribution in [-0.4, -0.2) is 23.2 Å². The van der Waals surface area contributed by atoms with Crippen LogP contribution in [-0.2, 0) is 11.3 Å². The molecule has 0 aliphatic rings. The highest BCUT2D eigenvalue weighted by Gasteiger charge is 2.17. The molecule has 0 atom stereocenters. The van der Waals surface area contributed by atoms with Crippen LogP contribution >= 0.6 is 11.3 Å². The van der Waals surface area contributed by atoms with Crippen molar-refractivity contribution >= 4 is 23.0 Å². The number of aromatic nitrogens is 1. The molecule has 0 aliphatic heterocycles. The van der Waals surface area contributed by atoms with Crippen LogP contribution in [0, 0.1) is 0 Å². The van der Waals surface area contributed by atoms with Crippen molar-refractivity contribution in [3.8, 4) is 10.6 Å². The van der Waals surface area contributed by atoms with Crippen LogP contribution in [0.25, 0.3) is 10.6 Å². The highest BCUT2D eigenvalue weighted by molar-refractivity contribution is 7.17. The third-order valence-corrected chi connectivity index (χ3v) is 3.46. The SMILES string of the molecule is COCc1nc(-c2ccc(N)cc2)sc1C(=O)O. The summed E-state index contributed by atoms with van der Waals surface area (Å²) in [7, 11) is 1.51. The number of aromatic carboxylic acids is 1. The zero-order valence-corrected chi connectivity index (χ0v) is 10.5. The molecule has 0 saturated carbocycles. The lowest BCUT2D eigenvalue weighted by atomic mass is 10.2. The zero-order valence-electron chi connectivity index (χ0n) is 9.71. The Morgan fingerprint density at radius 2 is 2.11 bits per heavy atom. The molecule has 6 heteroatoms. The maximum absolute atomic E-state index is 11.1. The topological polar surface area (TPSA) is 85.4 Å². The number of carbonyl (C=O) groups is 1. The number of ether oxygens (including phenoxy) is 1. The molecule has 94 valence electrons. The van der Waals surface area contributed by atoms with E-state index < -0.39 is 5.97 Å².